The molecular formula is C28H28F6N2O6. The maximum absolute atomic E-state index is 13.4. The van der Waals surface area contributed by atoms with Crippen LogP contribution in [0.15, 0.2) is 42.5 Å². The number of alkyl halides is 6. The summed E-state index contributed by atoms with van der Waals surface area (Å²) >= 11 is 0. The van der Waals surface area contributed by atoms with E-state index in [1.54, 1.807) is 13.8 Å². The van der Waals surface area contributed by atoms with Crippen LogP contribution in [0.2, 0.25) is 0 Å². The van der Waals surface area contributed by atoms with Crippen molar-refractivity contribution in [2.24, 2.45) is 16.7 Å². The molecular weight excluding hydrogens is 574 g/mol. The van der Waals surface area contributed by atoms with Crippen LogP contribution in [0.5, 0.6) is 0 Å². The molecule has 14 heteroatoms. The number of anilines is 1. The molecule has 0 bridgehead atoms. The van der Waals surface area contributed by atoms with Crippen molar-refractivity contribution in [3.63, 3.8) is 0 Å². The van der Waals surface area contributed by atoms with Crippen LogP contribution < -0.4 is 10.6 Å². The summed E-state index contributed by atoms with van der Waals surface area (Å²) < 4.78 is 79.2. The quantitative estimate of drug-likeness (QED) is 0.290. The van der Waals surface area contributed by atoms with Crippen molar-refractivity contribution in [2.45, 2.75) is 58.4 Å². The Bertz CT molecular complexity index is 1390. The van der Waals surface area contributed by atoms with Gasteiger partial charge in [-0.1, -0.05) is 26.0 Å². The van der Waals surface area contributed by atoms with Crippen LogP contribution in [0, 0.1) is 16.7 Å². The summed E-state index contributed by atoms with van der Waals surface area (Å²) in [6, 6.07) is 4.19. The number of rotatable bonds is 8. The molecule has 0 heterocycles. The molecule has 1 aliphatic carbocycles. The van der Waals surface area contributed by atoms with Crippen LogP contribution in [-0.4, -0.2) is 40.0 Å². The second-order valence-corrected chi connectivity index (χ2v) is 11.0. The van der Waals surface area contributed by atoms with E-state index < -0.39 is 75.6 Å². The predicted molar refractivity (Wildman–Crippen MR) is 136 cm³/mol. The first-order valence-corrected chi connectivity index (χ1v) is 12.6. The van der Waals surface area contributed by atoms with E-state index in [1.165, 1.54) is 31.2 Å². The molecule has 0 spiro atoms. The van der Waals surface area contributed by atoms with E-state index in [0.717, 1.165) is 0 Å². The molecule has 1 saturated carbocycles. The number of halogens is 6. The third kappa shape index (κ3) is 6.52. The Morgan fingerprint density at radius 1 is 0.929 bits per heavy atom. The van der Waals surface area contributed by atoms with E-state index in [0.29, 0.717) is 5.56 Å². The number of carbonyl (C=O) groups is 4. The highest BCUT2D eigenvalue weighted by molar-refractivity contribution is 6.05. The summed E-state index contributed by atoms with van der Waals surface area (Å²) in [7, 11) is 0. The fraction of sp³-hybridized carbons (Fsp3) is 0.429. The van der Waals surface area contributed by atoms with E-state index in [2.05, 4.69) is 10.6 Å². The van der Waals surface area contributed by atoms with Gasteiger partial charge in [0, 0.05) is 18.0 Å². The van der Waals surface area contributed by atoms with Gasteiger partial charge in [0.25, 0.3) is 5.91 Å². The van der Waals surface area contributed by atoms with Crippen molar-refractivity contribution in [1.29, 1.82) is 0 Å². The smallest absolute Gasteiger partial charge is 0.417 e. The van der Waals surface area contributed by atoms with Gasteiger partial charge in [-0.05, 0) is 61.1 Å². The molecule has 0 aromatic heterocycles. The number of aliphatic carboxylic acids is 2. The van der Waals surface area contributed by atoms with Gasteiger partial charge in [-0.25, -0.2) is 4.79 Å². The van der Waals surface area contributed by atoms with Gasteiger partial charge in [0.1, 0.15) is 6.04 Å². The van der Waals surface area contributed by atoms with E-state index in [9.17, 15) is 55.7 Å². The summed E-state index contributed by atoms with van der Waals surface area (Å²) in [5, 5.41) is 23.9. The highest BCUT2D eigenvalue weighted by atomic mass is 19.4. The molecule has 1 fully saturated rings. The lowest BCUT2D eigenvalue weighted by molar-refractivity contribution is -0.155. The molecule has 0 saturated heterocycles. The Morgan fingerprint density at radius 3 is 2.00 bits per heavy atom. The van der Waals surface area contributed by atoms with E-state index in [4.69, 9.17) is 0 Å². The number of carboxylic acids is 2. The predicted octanol–water partition coefficient (Wildman–Crippen LogP) is 5.62. The summed E-state index contributed by atoms with van der Waals surface area (Å²) in [6.07, 6.45) is -9.85. The Morgan fingerprint density at radius 2 is 1.52 bits per heavy atom. The lowest BCUT2D eigenvalue weighted by Gasteiger charge is -2.38. The monoisotopic (exact) mass is 602 g/mol. The molecule has 42 heavy (non-hydrogen) atoms. The fourth-order valence-corrected chi connectivity index (χ4v) is 5.13. The maximum atomic E-state index is 13.4. The first kappa shape index (κ1) is 32.4. The summed E-state index contributed by atoms with van der Waals surface area (Å²) in [5.41, 5.74) is -6.13. The van der Waals surface area contributed by atoms with Crippen LogP contribution in [0.3, 0.4) is 0 Å². The van der Waals surface area contributed by atoms with Gasteiger partial charge in [-0.2, -0.15) is 26.3 Å². The van der Waals surface area contributed by atoms with Crippen molar-refractivity contribution >= 4 is 29.4 Å². The molecule has 228 valence electrons. The number of hydrogen-bond acceptors (Lipinski definition) is 4. The number of nitrogens with one attached hydrogen (secondary N) is 2. The largest absolute Gasteiger partial charge is 0.481 e. The van der Waals surface area contributed by atoms with Gasteiger partial charge in [-0.3, -0.25) is 14.4 Å². The number of amides is 2. The molecule has 2 aromatic rings. The van der Waals surface area contributed by atoms with Gasteiger partial charge >= 0.3 is 24.3 Å². The van der Waals surface area contributed by atoms with Crippen molar-refractivity contribution < 1.29 is 55.7 Å². The SMILES string of the molecule is CC1(C(=O)O)CCC(C(=O)N[C@@H](Cc2ccc(NC(=O)c3cc(C(F)(F)F)ccc3C(F)(F)F)cc2)C(=O)O)C1(C)C. The maximum Gasteiger partial charge on any atom is 0.417 e. The average Bonchev–Trinajstić information content (AvgIpc) is 3.12. The highest BCUT2D eigenvalue weighted by Gasteiger charge is 2.58. The van der Waals surface area contributed by atoms with Crippen LogP contribution in [-0.2, 0) is 33.2 Å². The third-order valence-corrected chi connectivity index (χ3v) is 8.18. The van der Waals surface area contributed by atoms with Crippen molar-refractivity contribution in [3.8, 4) is 0 Å². The molecule has 0 radical (unpaired) electrons. The number of benzene rings is 2. The number of hydrogen-bond donors (Lipinski definition) is 4. The van der Waals surface area contributed by atoms with Gasteiger partial charge in [0.05, 0.1) is 22.1 Å². The van der Waals surface area contributed by atoms with Crippen LogP contribution >= 0.6 is 0 Å². The van der Waals surface area contributed by atoms with E-state index in [1.807, 2.05) is 0 Å². The second kappa shape index (κ2) is 11.3. The number of carboxylic acid groups (broad SMARTS) is 2. The molecule has 2 aromatic carbocycles. The molecule has 8 nitrogen and oxygen atoms in total. The zero-order valence-electron chi connectivity index (χ0n) is 22.6. The summed E-state index contributed by atoms with van der Waals surface area (Å²) in [5.74, 6) is -5.27. The first-order valence-electron chi connectivity index (χ1n) is 12.6. The lowest BCUT2D eigenvalue weighted by atomic mass is 9.65. The first-order chi connectivity index (χ1) is 19.2. The normalized spacial score (nSPS) is 20.9. The zero-order chi connectivity index (χ0) is 31.8. The Hall–Kier alpha value is -4.10. The Kier molecular flexibility index (Phi) is 8.71. The van der Waals surface area contributed by atoms with Gasteiger partial charge in [0.2, 0.25) is 5.91 Å². The van der Waals surface area contributed by atoms with Gasteiger partial charge in [-0.15, -0.1) is 0 Å². The van der Waals surface area contributed by atoms with Gasteiger partial charge < -0.3 is 20.8 Å². The fourth-order valence-electron chi connectivity index (χ4n) is 5.13. The standard InChI is InChI=1S/C28H28F6N2O6/c1-25(2)19(10-11-26(25,3)24(41)42)22(38)36-20(23(39)40)12-14-4-7-16(8-5-14)35-21(37)17-13-15(27(29,30)31)6-9-18(17)28(32,33)34/h4-9,13,19-20H,10-12H2,1-3H3,(H,35,37)(H,36,38)(H,39,40)(H,41,42)/t19?,20-,26?/m0/s1. The van der Waals surface area contributed by atoms with Crippen molar-refractivity contribution in [2.75, 3.05) is 5.32 Å². The zero-order valence-corrected chi connectivity index (χ0v) is 22.6. The van der Waals surface area contributed by atoms with Crippen molar-refractivity contribution in [3.05, 3.63) is 64.7 Å². The van der Waals surface area contributed by atoms with E-state index in [-0.39, 0.29) is 43.1 Å². The third-order valence-electron chi connectivity index (χ3n) is 8.18. The number of carbonyl (C=O) groups excluding carboxylic acids is 2. The topological polar surface area (TPSA) is 133 Å². The Labute approximate surface area is 236 Å². The molecule has 2 unspecified atom stereocenters. The molecule has 1 aliphatic rings. The minimum atomic E-state index is -5.10. The van der Waals surface area contributed by atoms with Crippen molar-refractivity contribution in [1.82, 2.24) is 5.32 Å². The molecule has 4 N–H and O–H groups in total. The average molecular weight is 603 g/mol. The van der Waals surface area contributed by atoms with E-state index >= 15 is 0 Å². The summed E-state index contributed by atoms with van der Waals surface area (Å²) in [6.45, 7) is 4.81. The minimum absolute atomic E-state index is 0.0779. The van der Waals surface area contributed by atoms with Gasteiger partial charge in [0.15, 0.2) is 0 Å². The minimum Gasteiger partial charge on any atom is -0.481 e. The molecule has 3 rings (SSSR count). The Balaban J connectivity index is 1.74. The lowest BCUT2D eigenvalue weighted by Crippen LogP contribution is -2.49. The summed E-state index contributed by atoms with van der Waals surface area (Å²) in [4.78, 5) is 49.3. The molecule has 0 aliphatic heterocycles. The molecule has 2 amide bonds. The second-order valence-electron chi connectivity index (χ2n) is 11.0. The van der Waals surface area contributed by atoms with Crippen LogP contribution in [0.25, 0.3) is 0 Å². The highest BCUT2D eigenvalue weighted by Crippen LogP contribution is 2.56. The van der Waals surface area contributed by atoms with Crippen LogP contribution in [0.1, 0.15) is 60.7 Å². The van der Waals surface area contributed by atoms with Crippen LogP contribution in [0.4, 0.5) is 32.0 Å². The molecule has 3 atom stereocenters.